The Bertz CT molecular complexity index is 425. The maximum atomic E-state index is 6.36. The molecule has 118 valence electrons. The van der Waals surface area contributed by atoms with Gasteiger partial charge in [0.1, 0.15) is 5.75 Å². The molecule has 2 rings (SSSR count). The molecule has 1 fully saturated rings. The van der Waals surface area contributed by atoms with Crippen LogP contribution in [0.4, 0.5) is 0 Å². The van der Waals surface area contributed by atoms with Crippen molar-refractivity contribution in [3.8, 4) is 5.75 Å². The van der Waals surface area contributed by atoms with Gasteiger partial charge in [-0.05, 0) is 43.5 Å². The molecule has 4 heteroatoms. The number of benzene rings is 1. The molecule has 0 radical (unpaired) electrons. The molecule has 1 aromatic rings. The van der Waals surface area contributed by atoms with E-state index in [1.165, 1.54) is 12.8 Å². The van der Waals surface area contributed by atoms with Gasteiger partial charge in [0.05, 0.1) is 13.2 Å². The minimum Gasteiger partial charge on any atom is -0.497 e. The van der Waals surface area contributed by atoms with Crippen molar-refractivity contribution in [1.29, 1.82) is 0 Å². The lowest BCUT2D eigenvalue weighted by molar-refractivity contribution is -0.00138. The molecule has 0 aliphatic carbocycles. The van der Waals surface area contributed by atoms with E-state index in [-0.39, 0.29) is 6.04 Å². The Hall–Kier alpha value is -1.10. The number of nitrogens with zero attached hydrogens (tertiary/aromatic N) is 1. The molecule has 1 saturated heterocycles. The van der Waals surface area contributed by atoms with E-state index >= 15 is 0 Å². The van der Waals surface area contributed by atoms with Gasteiger partial charge in [-0.3, -0.25) is 4.90 Å². The first-order valence-corrected chi connectivity index (χ1v) is 7.96. The quantitative estimate of drug-likeness (QED) is 0.839. The summed E-state index contributed by atoms with van der Waals surface area (Å²) in [6, 6.07) is 8.07. The van der Waals surface area contributed by atoms with Crippen molar-refractivity contribution < 1.29 is 9.47 Å². The van der Waals surface area contributed by atoms with Crippen LogP contribution in [0, 0.1) is 0 Å². The highest BCUT2D eigenvalue weighted by Crippen LogP contribution is 2.20. The number of likely N-dealkylation sites (tertiary alicyclic amines) is 1. The number of rotatable bonds is 7. The zero-order chi connectivity index (χ0) is 15.1. The van der Waals surface area contributed by atoms with Gasteiger partial charge >= 0.3 is 0 Å². The molecule has 0 amide bonds. The van der Waals surface area contributed by atoms with Crippen LogP contribution >= 0.6 is 0 Å². The van der Waals surface area contributed by atoms with Crippen molar-refractivity contribution in [2.75, 3.05) is 33.4 Å². The topological polar surface area (TPSA) is 47.7 Å². The summed E-state index contributed by atoms with van der Waals surface area (Å²) in [6.07, 6.45) is 3.82. The third kappa shape index (κ3) is 4.99. The van der Waals surface area contributed by atoms with E-state index in [1.54, 1.807) is 7.11 Å². The van der Waals surface area contributed by atoms with Crippen LogP contribution < -0.4 is 10.5 Å². The largest absolute Gasteiger partial charge is 0.497 e. The standard InChI is InChI=1S/C17H28N2O2/c1-3-10-21-16-8-5-9-19(12-16)13-17(18)14-6-4-7-15(11-14)20-2/h4,6-7,11,16-17H,3,5,8-10,12-13,18H2,1-2H3. The van der Waals surface area contributed by atoms with Crippen molar-refractivity contribution in [3.63, 3.8) is 0 Å². The van der Waals surface area contributed by atoms with Gasteiger partial charge in [-0.15, -0.1) is 0 Å². The van der Waals surface area contributed by atoms with Crippen LogP contribution in [0.25, 0.3) is 0 Å². The summed E-state index contributed by atoms with van der Waals surface area (Å²) in [5.41, 5.74) is 7.49. The fraction of sp³-hybridized carbons (Fsp3) is 0.647. The van der Waals surface area contributed by atoms with Crippen molar-refractivity contribution in [2.24, 2.45) is 5.73 Å². The van der Waals surface area contributed by atoms with Gasteiger partial charge in [-0.2, -0.15) is 0 Å². The Morgan fingerprint density at radius 1 is 1.43 bits per heavy atom. The molecule has 1 aliphatic rings. The molecule has 1 heterocycles. The Morgan fingerprint density at radius 3 is 3.05 bits per heavy atom. The Labute approximate surface area is 128 Å². The lowest BCUT2D eigenvalue weighted by Gasteiger charge is -2.34. The molecule has 0 aromatic heterocycles. The highest BCUT2D eigenvalue weighted by Gasteiger charge is 2.22. The first-order chi connectivity index (χ1) is 10.2. The molecule has 1 aromatic carbocycles. The van der Waals surface area contributed by atoms with E-state index in [0.717, 1.165) is 44.0 Å². The van der Waals surface area contributed by atoms with E-state index in [4.69, 9.17) is 15.2 Å². The fourth-order valence-corrected chi connectivity index (χ4v) is 2.86. The molecule has 21 heavy (non-hydrogen) atoms. The first kappa shape index (κ1) is 16.3. The van der Waals surface area contributed by atoms with Crippen molar-refractivity contribution >= 4 is 0 Å². The lowest BCUT2D eigenvalue weighted by Crippen LogP contribution is -2.43. The summed E-state index contributed by atoms with van der Waals surface area (Å²) in [4.78, 5) is 2.42. The molecule has 2 atom stereocenters. The first-order valence-electron chi connectivity index (χ1n) is 7.96. The molecular weight excluding hydrogens is 264 g/mol. The van der Waals surface area contributed by atoms with E-state index in [2.05, 4.69) is 17.9 Å². The molecule has 4 nitrogen and oxygen atoms in total. The van der Waals surface area contributed by atoms with Gasteiger partial charge in [0, 0.05) is 25.7 Å². The summed E-state index contributed by atoms with van der Waals surface area (Å²) in [6.45, 7) is 6.00. The van der Waals surface area contributed by atoms with Crippen LogP contribution in [0.15, 0.2) is 24.3 Å². The van der Waals surface area contributed by atoms with Gasteiger partial charge in [0.25, 0.3) is 0 Å². The summed E-state index contributed by atoms with van der Waals surface area (Å²) in [5.74, 6) is 0.866. The number of hydrogen-bond acceptors (Lipinski definition) is 4. The summed E-state index contributed by atoms with van der Waals surface area (Å²) < 4.78 is 11.2. The van der Waals surface area contributed by atoms with Crippen LogP contribution in [0.5, 0.6) is 5.75 Å². The number of hydrogen-bond donors (Lipinski definition) is 1. The molecule has 0 bridgehead atoms. The number of methoxy groups -OCH3 is 1. The highest BCUT2D eigenvalue weighted by atomic mass is 16.5. The second-order valence-corrected chi connectivity index (χ2v) is 5.78. The van der Waals surface area contributed by atoms with Crippen molar-refractivity contribution in [1.82, 2.24) is 4.90 Å². The maximum absolute atomic E-state index is 6.36. The smallest absolute Gasteiger partial charge is 0.119 e. The lowest BCUT2D eigenvalue weighted by atomic mass is 10.0. The van der Waals surface area contributed by atoms with Gasteiger partial charge in [0.2, 0.25) is 0 Å². The van der Waals surface area contributed by atoms with E-state index in [9.17, 15) is 0 Å². The van der Waals surface area contributed by atoms with E-state index < -0.39 is 0 Å². The summed E-state index contributed by atoms with van der Waals surface area (Å²) >= 11 is 0. The Balaban J connectivity index is 1.87. The van der Waals surface area contributed by atoms with Crippen LogP contribution in [-0.2, 0) is 4.74 Å². The van der Waals surface area contributed by atoms with Crippen LogP contribution in [0.2, 0.25) is 0 Å². The summed E-state index contributed by atoms with van der Waals surface area (Å²) in [7, 11) is 1.69. The van der Waals surface area contributed by atoms with Crippen LogP contribution in [0.1, 0.15) is 37.8 Å². The monoisotopic (exact) mass is 292 g/mol. The third-order valence-electron chi connectivity index (χ3n) is 4.00. The average Bonchev–Trinajstić information content (AvgIpc) is 2.53. The normalized spacial score (nSPS) is 21.2. The van der Waals surface area contributed by atoms with Gasteiger partial charge in [0.15, 0.2) is 0 Å². The Morgan fingerprint density at radius 2 is 2.29 bits per heavy atom. The van der Waals surface area contributed by atoms with Gasteiger partial charge in [-0.25, -0.2) is 0 Å². The molecule has 0 spiro atoms. The van der Waals surface area contributed by atoms with E-state index in [0.29, 0.717) is 6.10 Å². The maximum Gasteiger partial charge on any atom is 0.119 e. The predicted octanol–water partition coefficient (Wildman–Crippen LogP) is 2.59. The van der Waals surface area contributed by atoms with Crippen molar-refractivity contribution in [3.05, 3.63) is 29.8 Å². The molecule has 0 saturated carbocycles. The average molecular weight is 292 g/mol. The van der Waals surface area contributed by atoms with E-state index in [1.807, 2.05) is 18.2 Å². The van der Waals surface area contributed by atoms with Gasteiger partial charge < -0.3 is 15.2 Å². The zero-order valence-corrected chi connectivity index (χ0v) is 13.3. The molecule has 2 unspecified atom stereocenters. The molecule has 1 aliphatic heterocycles. The second kappa shape index (κ2) is 8.37. The third-order valence-corrected chi connectivity index (χ3v) is 4.00. The minimum atomic E-state index is 0.0185. The van der Waals surface area contributed by atoms with Crippen LogP contribution in [0.3, 0.4) is 0 Å². The van der Waals surface area contributed by atoms with Gasteiger partial charge in [-0.1, -0.05) is 19.1 Å². The number of nitrogens with two attached hydrogens (primary N) is 1. The number of ether oxygens (including phenoxy) is 2. The second-order valence-electron chi connectivity index (χ2n) is 5.78. The zero-order valence-electron chi connectivity index (χ0n) is 13.3. The number of piperidine rings is 1. The molecule has 2 N–H and O–H groups in total. The highest BCUT2D eigenvalue weighted by molar-refractivity contribution is 5.30. The molecular formula is C17H28N2O2. The fourth-order valence-electron chi connectivity index (χ4n) is 2.86. The SMILES string of the molecule is CCCOC1CCCN(CC(N)c2cccc(OC)c2)C1. The summed E-state index contributed by atoms with van der Waals surface area (Å²) in [5, 5.41) is 0. The van der Waals surface area contributed by atoms with Crippen LogP contribution in [-0.4, -0.2) is 44.4 Å². The van der Waals surface area contributed by atoms with Crippen molar-refractivity contribution in [2.45, 2.75) is 38.3 Å². The minimum absolute atomic E-state index is 0.0185. The predicted molar refractivity (Wildman–Crippen MR) is 85.6 cm³/mol. The Kier molecular flexibility index (Phi) is 6.49.